The van der Waals surface area contributed by atoms with Gasteiger partial charge in [-0.1, -0.05) is 24.3 Å². The summed E-state index contributed by atoms with van der Waals surface area (Å²) in [6.45, 7) is 1.33. The molecule has 0 bridgehead atoms. The van der Waals surface area contributed by atoms with Crippen LogP contribution in [-0.4, -0.2) is 41.4 Å². The molecular weight excluding hydrogens is 310 g/mol. The lowest BCUT2D eigenvalue weighted by molar-refractivity contribution is 0.0618. The largest absolute Gasteiger partial charge is 0.396 e. The number of rotatable bonds is 4. The maximum absolute atomic E-state index is 12.9. The summed E-state index contributed by atoms with van der Waals surface area (Å²) in [7, 11) is 0. The molecule has 1 unspecified atom stereocenters. The van der Waals surface area contributed by atoms with Gasteiger partial charge in [0.25, 0.3) is 5.91 Å². The monoisotopic (exact) mass is 329 g/mol. The molecule has 1 aromatic carbocycles. The van der Waals surface area contributed by atoms with E-state index >= 15 is 0 Å². The van der Waals surface area contributed by atoms with Crippen molar-refractivity contribution in [2.24, 2.45) is 5.92 Å². The quantitative estimate of drug-likeness (QED) is 0.878. The van der Waals surface area contributed by atoms with Crippen molar-refractivity contribution in [1.29, 1.82) is 0 Å². The van der Waals surface area contributed by atoms with E-state index in [-0.39, 0.29) is 24.2 Å². The lowest BCUT2D eigenvalue weighted by atomic mass is 9.96. The summed E-state index contributed by atoms with van der Waals surface area (Å²) in [4.78, 5) is 27.9. The lowest BCUT2D eigenvalue weighted by Gasteiger charge is -2.32. The van der Waals surface area contributed by atoms with Crippen LogP contribution in [0.1, 0.15) is 38.4 Å². The normalized spacial score (nSPS) is 18.0. The molecule has 1 saturated heterocycles. The highest BCUT2D eigenvalue weighted by Crippen LogP contribution is 2.22. The van der Waals surface area contributed by atoms with Gasteiger partial charge in [0.05, 0.1) is 10.4 Å². The van der Waals surface area contributed by atoms with E-state index in [1.165, 1.54) is 11.3 Å². The highest BCUT2D eigenvalue weighted by Gasteiger charge is 2.27. The highest BCUT2D eigenvalue weighted by atomic mass is 32.1. The van der Waals surface area contributed by atoms with Crippen LogP contribution in [0, 0.1) is 5.92 Å². The van der Waals surface area contributed by atoms with Gasteiger partial charge >= 0.3 is 0 Å². The van der Waals surface area contributed by atoms with Gasteiger partial charge in [-0.25, -0.2) is 0 Å². The van der Waals surface area contributed by atoms with Crippen molar-refractivity contribution in [2.45, 2.75) is 12.8 Å². The third-order valence-electron chi connectivity index (χ3n) is 4.21. The van der Waals surface area contributed by atoms with Crippen molar-refractivity contribution in [3.05, 3.63) is 57.8 Å². The van der Waals surface area contributed by atoms with Gasteiger partial charge in [0.1, 0.15) is 0 Å². The number of hydrogen-bond donors (Lipinski definition) is 1. The van der Waals surface area contributed by atoms with Gasteiger partial charge < -0.3 is 10.0 Å². The van der Waals surface area contributed by atoms with Crippen LogP contribution >= 0.6 is 11.3 Å². The zero-order valence-electron chi connectivity index (χ0n) is 12.8. The Morgan fingerprint density at radius 3 is 2.65 bits per heavy atom. The van der Waals surface area contributed by atoms with Crippen LogP contribution in [0.15, 0.2) is 41.8 Å². The van der Waals surface area contributed by atoms with E-state index in [0.29, 0.717) is 29.1 Å². The number of nitrogens with zero attached hydrogens (tertiary/aromatic N) is 1. The number of ketones is 1. The lowest BCUT2D eigenvalue weighted by Crippen LogP contribution is -2.41. The van der Waals surface area contributed by atoms with Crippen LogP contribution in [-0.2, 0) is 0 Å². The fourth-order valence-electron chi connectivity index (χ4n) is 2.98. The molecule has 1 amide bonds. The molecule has 1 aromatic heterocycles. The molecule has 0 radical (unpaired) electrons. The Labute approximate surface area is 139 Å². The van der Waals surface area contributed by atoms with Crippen molar-refractivity contribution in [3.63, 3.8) is 0 Å². The summed E-state index contributed by atoms with van der Waals surface area (Å²) in [6.07, 6.45) is 1.83. The van der Waals surface area contributed by atoms with Crippen molar-refractivity contribution >= 4 is 23.0 Å². The number of aliphatic hydroxyl groups is 1. The van der Waals surface area contributed by atoms with Crippen LogP contribution in [0.4, 0.5) is 0 Å². The molecule has 1 N–H and O–H groups in total. The average molecular weight is 329 g/mol. The first-order chi connectivity index (χ1) is 11.2. The summed E-state index contributed by atoms with van der Waals surface area (Å²) in [6, 6.07) is 10.6. The summed E-state index contributed by atoms with van der Waals surface area (Å²) < 4.78 is 0. The Balaban J connectivity index is 1.88. The second kappa shape index (κ2) is 7.06. The molecule has 4 nitrogen and oxygen atoms in total. The fraction of sp³-hybridized carbons (Fsp3) is 0.333. The second-order valence-corrected chi connectivity index (χ2v) is 6.74. The Kier molecular flexibility index (Phi) is 4.88. The van der Waals surface area contributed by atoms with E-state index in [0.717, 1.165) is 12.8 Å². The molecule has 1 atom stereocenters. The maximum Gasteiger partial charge on any atom is 0.254 e. The second-order valence-electron chi connectivity index (χ2n) is 5.79. The summed E-state index contributed by atoms with van der Waals surface area (Å²) >= 11 is 1.38. The summed E-state index contributed by atoms with van der Waals surface area (Å²) in [5.74, 6) is -0.101. The zero-order chi connectivity index (χ0) is 16.2. The molecule has 3 rings (SSSR count). The number of benzene rings is 1. The third-order valence-corrected chi connectivity index (χ3v) is 5.08. The molecule has 5 heteroatoms. The number of amides is 1. The molecule has 2 aromatic rings. The summed E-state index contributed by atoms with van der Waals surface area (Å²) in [5, 5.41) is 11.2. The van der Waals surface area contributed by atoms with Gasteiger partial charge in [0.15, 0.2) is 0 Å². The van der Waals surface area contributed by atoms with E-state index in [1.54, 1.807) is 35.2 Å². The number of piperidine rings is 1. The highest BCUT2D eigenvalue weighted by molar-refractivity contribution is 7.12. The molecule has 1 fully saturated rings. The molecule has 23 heavy (non-hydrogen) atoms. The van der Waals surface area contributed by atoms with E-state index in [2.05, 4.69) is 0 Å². The van der Waals surface area contributed by atoms with Gasteiger partial charge in [-0.05, 0) is 36.3 Å². The molecule has 0 aliphatic carbocycles. The number of aliphatic hydroxyl groups excluding tert-OH is 1. The molecule has 2 heterocycles. The maximum atomic E-state index is 12.9. The zero-order valence-corrected chi connectivity index (χ0v) is 13.6. The number of hydrogen-bond acceptors (Lipinski definition) is 4. The van der Waals surface area contributed by atoms with E-state index in [1.807, 2.05) is 11.4 Å². The molecule has 1 aliphatic heterocycles. The number of carbonyl (C=O) groups is 2. The minimum absolute atomic E-state index is 0.0968. The SMILES string of the molecule is O=C(c1cccs1)c1ccccc1C(=O)N1CCCC(CO)C1. The number of carbonyl (C=O) groups excluding carboxylic acids is 2. The minimum atomic E-state index is -0.122. The van der Waals surface area contributed by atoms with E-state index < -0.39 is 0 Å². The van der Waals surface area contributed by atoms with Gasteiger partial charge in [0, 0.05) is 25.3 Å². The van der Waals surface area contributed by atoms with Crippen LogP contribution in [0.2, 0.25) is 0 Å². The number of likely N-dealkylation sites (tertiary alicyclic amines) is 1. The van der Waals surface area contributed by atoms with Crippen LogP contribution < -0.4 is 0 Å². The average Bonchev–Trinajstić information content (AvgIpc) is 3.15. The smallest absolute Gasteiger partial charge is 0.254 e. The Morgan fingerprint density at radius 1 is 1.17 bits per heavy atom. The molecule has 0 spiro atoms. The van der Waals surface area contributed by atoms with Crippen molar-refractivity contribution in [1.82, 2.24) is 4.90 Å². The van der Waals surface area contributed by atoms with E-state index in [4.69, 9.17) is 0 Å². The van der Waals surface area contributed by atoms with Gasteiger partial charge in [-0.15, -0.1) is 11.3 Å². The fourth-order valence-corrected chi connectivity index (χ4v) is 3.65. The van der Waals surface area contributed by atoms with Gasteiger partial charge in [0.2, 0.25) is 5.78 Å². The van der Waals surface area contributed by atoms with Crippen molar-refractivity contribution in [2.75, 3.05) is 19.7 Å². The van der Waals surface area contributed by atoms with Crippen LogP contribution in [0.25, 0.3) is 0 Å². The standard InChI is InChI=1S/C18H19NO3S/c20-12-13-5-3-9-19(11-13)18(22)15-7-2-1-6-14(15)17(21)16-8-4-10-23-16/h1-2,4,6-8,10,13,20H,3,5,9,11-12H2. The topological polar surface area (TPSA) is 57.6 Å². The van der Waals surface area contributed by atoms with Crippen LogP contribution in [0.3, 0.4) is 0 Å². The predicted octanol–water partition coefficient (Wildman–Crippen LogP) is 2.82. The first-order valence-corrected chi connectivity index (χ1v) is 8.66. The summed E-state index contributed by atoms with van der Waals surface area (Å²) in [5.41, 5.74) is 0.899. The third kappa shape index (κ3) is 3.35. The molecule has 1 aliphatic rings. The Morgan fingerprint density at radius 2 is 1.96 bits per heavy atom. The predicted molar refractivity (Wildman–Crippen MR) is 89.9 cm³/mol. The molecular formula is C18H19NO3S. The number of thiophene rings is 1. The first-order valence-electron chi connectivity index (χ1n) is 7.78. The van der Waals surface area contributed by atoms with Crippen molar-refractivity contribution < 1.29 is 14.7 Å². The Bertz CT molecular complexity index is 696. The first kappa shape index (κ1) is 15.9. The molecule has 120 valence electrons. The Hall–Kier alpha value is -1.98. The van der Waals surface area contributed by atoms with E-state index in [9.17, 15) is 14.7 Å². The van der Waals surface area contributed by atoms with Crippen molar-refractivity contribution in [3.8, 4) is 0 Å². The van der Waals surface area contributed by atoms with Gasteiger partial charge in [-0.2, -0.15) is 0 Å². The minimum Gasteiger partial charge on any atom is -0.396 e. The van der Waals surface area contributed by atoms with Crippen LogP contribution in [0.5, 0.6) is 0 Å². The van der Waals surface area contributed by atoms with Gasteiger partial charge in [-0.3, -0.25) is 9.59 Å². The molecule has 0 saturated carbocycles.